The van der Waals surface area contributed by atoms with E-state index in [2.05, 4.69) is 4.98 Å². The molecule has 3 aromatic rings. The predicted octanol–water partition coefficient (Wildman–Crippen LogP) is 3.03. The molecular weight excluding hydrogens is 438 g/mol. The Kier molecular flexibility index (Phi) is 5.10. The third kappa shape index (κ3) is 3.71. The van der Waals surface area contributed by atoms with Gasteiger partial charge in [0.1, 0.15) is 6.61 Å². The number of rotatable bonds is 5. The van der Waals surface area contributed by atoms with Gasteiger partial charge in [-0.05, 0) is 37.8 Å². The van der Waals surface area contributed by atoms with E-state index in [-0.39, 0.29) is 36.0 Å². The zero-order valence-electron chi connectivity index (χ0n) is 16.7. The number of ether oxygens (including phenoxy) is 3. The van der Waals surface area contributed by atoms with Crippen molar-refractivity contribution < 1.29 is 23.9 Å². The second-order valence-electron chi connectivity index (χ2n) is 7.35. The largest absolute Gasteiger partial charge is 0.456 e. The van der Waals surface area contributed by atoms with Crippen molar-refractivity contribution in [1.29, 1.82) is 0 Å². The lowest BCUT2D eigenvalue weighted by Gasteiger charge is -2.10. The second kappa shape index (κ2) is 8.08. The SMILES string of the molecule is O=C(/C=C/c1cc2c(cc1[N+](=O)[O-])OCO2)OCc1cc(=O)n2c3c(sc2n1)CCCC3. The molecule has 3 heterocycles. The van der Waals surface area contributed by atoms with Gasteiger partial charge >= 0.3 is 5.97 Å². The molecule has 164 valence electrons. The van der Waals surface area contributed by atoms with E-state index in [1.165, 1.54) is 40.5 Å². The van der Waals surface area contributed by atoms with Gasteiger partial charge in [0.2, 0.25) is 6.79 Å². The fourth-order valence-electron chi connectivity index (χ4n) is 3.81. The number of carbonyl (C=O) groups is 1. The Bertz CT molecular complexity index is 1340. The summed E-state index contributed by atoms with van der Waals surface area (Å²) in [4.78, 5) is 41.7. The number of aromatic nitrogens is 2. The van der Waals surface area contributed by atoms with Crippen molar-refractivity contribution in [3.8, 4) is 11.5 Å². The maximum Gasteiger partial charge on any atom is 0.331 e. The lowest BCUT2D eigenvalue weighted by atomic mass is 10.0. The van der Waals surface area contributed by atoms with E-state index in [0.717, 1.165) is 37.5 Å². The summed E-state index contributed by atoms with van der Waals surface area (Å²) in [6, 6.07) is 4.05. The van der Waals surface area contributed by atoms with Crippen LogP contribution in [0.25, 0.3) is 11.0 Å². The Hall–Kier alpha value is -3.73. The van der Waals surface area contributed by atoms with Gasteiger partial charge in [-0.2, -0.15) is 0 Å². The first-order valence-electron chi connectivity index (χ1n) is 9.96. The first-order chi connectivity index (χ1) is 15.5. The van der Waals surface area contributed by atoms with Crippen LogP contribution in [0.2, 0.25) is 0 Å². The second-order valence-corrected chi connectivity index (χ2v) is 8.41. The first kappa shape index (κ1) is 20.2. The van der Waals surface area contributed by atoms with E-state index in [1.807, 2.05) is 0 Å². The van der Waals surface area contributed by atoms with Crippen LogP contribution in [0, 0.1) is 10.1 Å². The maximum absolute atomic E-state index is 12.6. The summed E-state index contributed by atoms with van der Waals surface area (Å²) in [5.74, 6) is -0.0795. The molecule has 32 heavy (non-hydrogen) atoms. The molecule has 2 aliphatic rings. The summed E-state index contributed by atoms with van der Waals surface area (Å²) in [6.45, 7) is -0.201. The van der Waals surface area contributed by atoms with E-state index in [1.54, 1.807) is 4.40 Å². The number of aryl methyl sites for hydroxylation is 2. The molecule has 0 bridgehead atoms. The van der Waals surface area contributed by atoms with Crippen LogP contribution in [0.3, 0.4) is 0 Å². The van der Waals surface area contributed by atoms with Crippen molar-refractivity contribution in [3.63, 3.8) is 0 Å². The smallest absolute Gasteiger partial charge is 0.331 e. The average molecular weight is 455 g/mol. The average Bonchev–Trinajstić information content (AvgIpc) is 3.39. The van der Waals surface area contributed by atoms with Crippen LogP contribution in [-0.2, 0) is 29.0 Å². The van der Waals surface area contributed by atoms with Crippen LogP contribution in [0.1, 0.15) is 34.7 Å². The molecule has 1 aliphatic heterocycles. The molecule has 0 fully saturated rings. The third-order valence-electron chi connectivity index (χ3n) is 5.29. The Balaban J connectivity index is 1.31. The fraction of sp³-hybridized carbons (Fsp3) is 0.286. The number of hydrogen-bond donors (Lipinski definition) is 0. The van der Waals surface area contributed by atoms with E-state index in [9.17, 15) is 19.7 Å². The summed E-state index contributed by atoms with van der Waals surface area (Å²) in [7, 11) is 0. The van der Waals surface area contributed by atoms with E-state index < -0.39 is 10.9 Å². The monoisotopic (exact) mass is 455 g/mol. The molecule has 0 amide bonds. The Morgan fingerprint density at radius 1 is 1.25 bits per heavy atom. The number of fused-ring (bicyclic) bond motifs is 4. The summed E-state index contributed by atoms with van der Waals surface area (Å²) in [5, 5.41) is 11.3. The number of nitrogens with zero attached hydrogens (tertiary/aromatic N) is 3. The normalized spacial score (nSPS) is 14.6. The summed E-state index contributed by atoms with van der Waals surface area (Å²) >= 11 is 1.50. The molecule has 11 heteroatoms. The number of thiazole rings is 1. The number of benzene rings is 1. The maximum atomic E-state index is 12.6. The highest BCUT2D eigenvalue weighted by atomic mass is 32.1. The molecule has 0 radical (unpaired) electrons. The van der Waals surface area contributed by atoms with Crippen LogP contribution >= 0.6 is 11.3 Å². The molecule has 0 N–H and O–H groups in total. The van der Waals surface area contributed by atoms with Gasteiger partial charge in [-0.15, -0.1) is 11.3 Å². The van der Waals surface area contributed by atoms with Crippen LogP contribution in [-0.4, -0.2) is 27.1 Å². The molecule has 0 spiro atoms. The molecular formula is C21H17N3O7S. The highest BCUT2D eigenvalue weighted by Gasteiger charge is 2.22. The number of esters is 1. The van der Waals surface area contributed by atoms with Gasteiger partial charge in [-0.25, -0.2) is 9.78 Å². The number of nitro benzene ring substituents is 1. The fourth-order valence-corrected chi connectivity index (χ4v) is 5.04. The molecule has 0 atom stereocenters. The topological polar surface area (TPSA) is 122 Å². The highest BCUT2D eigenvalue weighted by molar-refractivity contribution is 7.17. The molecule has 5 rings (SSSR count). The van der Waals surface area contributed by atoms with E-state index >= 15 is 0 Å². The van der Waals surface area contributed by atoms with Crippen molar-refractivity contribution in [2.45, 2.75) is 32.3 Å². The van der Waals surface area contributed by atoms with Crippen LogP contribution in [0.15, 0.2) is 29.1 Å². The van der Waals surface area contributed by atoms with Crippen molar-refractivity contribution >= 4 is 34.0 Å². The van der Waals surface area contributed by atoms with Crippen molar-refractivity contribution in [3.05, 3.63) is 66.6 Å². The standard InChI is InChI=1S/C21H17N3O7S/c25-19-8-13(22-21-23(19)14-3-1-2-4-18(14)32-21)10-29-20(26)6-5-12-7-16-17(31-11-30-16)9-15(12)24(27)28/h5-9H,1-4,10-11H2/b6-5+. The minimum Gasteiger partial charge on any atom is -0.456 e. The Morgan fingerprint density at radius 3 is 2.84 bits per heavy atom. The van der Waals surface area contributed by atoms with Gasteiger partial charge in [-0.3, -0.25) is 19.3 Å². The molecule has 0 saturated heterocycles. The minimum absolute atomic E-state index is 0.0216. The molecule has 2 aromatic heterocycles. The lowest BCUT2D eigenvalue weighted by molar-refractivity contribution is -0.385. The van der Waals surface area contributed by atoms with Gasteiger partial charge in [0.05, 0.1) is 22.2 Å². The zero-order chi connectivity index (χ0) is 22.2. The van der Waals surface area contributed by atoms with Crippen molar-refractivity contribution in [2.75, 3.05) is 6.79 Å². The van der Waals surface area contributed by atoms with Gasteiger partial charge < -0.3 is 14.2 Å². The zero-order valence-corrected chi connectivity index (χ0v) is 17.6. The van der Waals surface area contributed by atoms with Crippen LogP contribution < -0.4 is 15.0 Å². The van der Waals surface area contributed by atoms with Crippen molar-refractivity contribution in [2.24, 2.45) is 0 Å². The molecule has 0 saturated carbocycles. The van der Waals surface area contributed by atoms with Gasteiger partial charge in [-0.1, -0.05) is 0 Å². The minimum atomic E-state index is -0.718. The van der Waals surface area contributed by atoms with Crippen molar-refractivity contribution in [1.82, 2.24) is 9.38 Å². The Labute approximate surface area is 184 Å². The lowest BCUT2D eigenvalue weighted by Crippen LogP contribution is -2.18. The molecule has 1 aromatic carbocycles. The van der Waals surface area contributed by atoms with E-state index in [0.29, 0.717) is 16.4 Å². The predicted molar refractivity (Wildman–Crippen MR) is 114 cm³/mol. The third-order valence-corrected chi connectivity index (χ3v) is 6.44. The van der Waals surface area contributed by atoms with Crippen LogP contribution in [0.4, 0.5) is 5.69 Å². The van der Waals surface area contributed by atoms with Gasteiger partial charge in [0.15, 0.2) is 16.5 Å². The Morgan fingerprint density at radius 2 is 2.03 bits per heavy atom. The summed E-state index contributed by atoms with van der Waals surface area (Å²) < 4.78 is 17.2. The number of carbonyl (C=O) groups excluding carboxylic acids is 1. The number of nitro groups is 1. The highest BCUT2D eigenvalue weighted by Crippen LogP contribution is 2.38. The van der Waals surface area contributed by atoms with Gasteiger partial charge in [0, 0.05) is 22.7 Å². The van der Waals surface area contributed by atoms with E-state index in [4.69, 9.17) is 14.2 Å². The summed E-state index contributed by atoms with van der Waals surface area (Å²) in [5.41, 5.74) is 1.15. The van der Waals surface area contributed by atoms with Gasteiger partial charge in [0.25, 0.3) is 11.2 Å². The quantitative estimate of drug-likeness (QED) is 0.249. The molecule has 10 nitrogen and oxygen atoms in total. The number of hydrogen-bond acceptors (Lipinski definition) is 9. The molecule has 1 aliphatic carbocycles. The molecule has 0 unspecified atom stereocenters. The summed E-state index contributed by atoms with van der Waals surface area (Å²) in [6.07, 6.45) is 6.33. The first-order valence-corrected chi connectivity index (χ1v) is 10.8. The van der Waals surface area contributed by atoms with Crippen LogP contribution in [0.5, 0.6) is 11.5 Å².